The van der Waals surface area contributed by atoms with E-state index in [0.29, 0.717) is 13.0 Å². The van der Waals surface area contributed by atoms with Crippen molar-refractivity contribution in [2.45, 2.75) is 46.1 Å². The summed E-state index contributed by atoms with van der Waals surface area (Å²) in [6.45, 7) is 8.96. The minimum atomic E-state index is -0.903. The number of hydrogen-bond acceptors (Lipinski definition) is 4. The van der Waals surface area contributed by atoms with Crippen LogP contribution in [0.15, 0.2) is 18.2 Å². The predicted molar refractivity (Wildman–Crippen MR) is 87.6 cm³/mol. The molecule has 1 atom stereocenters. The molecule has 0 fully saturated rings. The summed E-state index contributed by atoms with van der Waals surface area (Å²) in [6, 6.07) is 6.50. The topological polar surface area (TPSA) is 55.6 Å². The van der Waals surface area contributed by atoms with Crippen molar-refractivity contribution in [2.24, 2.45) is 5.73 Å². The summed E-state index contributed by atoms with van der Waals surface area (Å²) in [7, 11) is 2.06. The fourth-order valence-electron chi connectivity index (χ4n) is 2.38. The Kier molecular flexibility index (Phi) is 6.21. The molecule has 0 heterocycles. The maximum absolute atomic E-state index is 11.7. The largest absolute Gasteiger partial charge is 0.465 e. The molecule has 0 aliphatic heterocycles. The quantitative estimate of drug-likeness (QED) is 0.785. The van der Waals surface area contributed by atoms with Gasteiger partial charge in [0.1, 0.15) is 5.54 Å². The van der Waals surface area contributed by atoms with Gasteiger partial charge in [-0.05, 0) is 63.8 Å². The molecule has 4 nitrogen and oxygen atoms in total. The van der Waals surface area contributed by atoms with E-state index in [1.165, 1.54) is 16.8 Å². The number of nitrogens with two attached hydrogens (primary N) is 1. The van der Waals surface area contributed by atoms with E-state index < -0.39 is 5.54 Å². The molecule has 118 valence electrons. The third kappa shape index (κ3) is 5.38. The van der Waals surface area contributed by atoms with E-state index >= 15 is 0 Å². The first-order valence-electron chi connectivity index (χ1n) is 7.52. The number of rotatable bonds is 7. The first kappa shape index (κ1) is 17.5. The van der Waals surface area contributed by atoms with Crippen LogP contribution < -0.4 is 10.6 Å². The van der Waals surface area contributed by atoms with E-state index in [1.54, 1.807) is 13.8 Å². The highest BCUT2D eigenvalue weighted by atomic mass is 16.5. The van der Waals surface area contributed by atoms with Crippen molar-refractivity contribution in [3.63, 3.8) is 0 Å². The molecule has 1 rings (SSSR count). The zero-order chi connectivity index (χ0) is 16.0. The minimum Gasteiger partial charge on any atom is -0.465 e. The van der Waals surface area contributed by atoms with Gasteiger partial charge in [-0.25, -0.2) is 0 Å². The summed E-state index contributed by atoms with van der Waals surface area (Å²) in [5.74, 6) is -0.320. The second-order valence-electron chi connectivity index (χ2n) is 6.01. The van der Waals surface area contributed by atoms with Gasteiger partial charge in [-0.2, -0.15) is 0 Å². The molecule has 2 N–H and O–H groups in total. The monoisotopic (exact) mass is 292 g/mol. The highest BCUT2D eigenvalue weighted by Crippen LogP contribution is 2.19. The van der Waals surface area contributed by atoms with E-state index in [4.69, 9.17) is 10.5 Å². The number of hydrogen-bond donors (Lipinski definition) is 1. The van der Waals surface area contributed by atoms with E-state index in [0.717, 1.165) is 13.0 Å². The van der Waals surface area contributed by atoms with Gasteiger partial charge in [-0.3, -0.25) is 4.79 Å². The first-order chi connectivity index (χ1) is 9.76. The number of anilines is 1. The molecule has 0 saturated heterocycles. The minimum absolute atomic E-state index is 0.320. The first-order valence-corrected chi connectivity index (χ1v) is 7.52. The normalized spacial score (nSPS) is 13.6. The lowest BCUT2D eigenvalue weighted by atomic mass is 9.97. The Morgan fingerprint density at radius 3 is 2.38 bits per heavy atom. The molecule has 1 unspecified atom stereocenters. The van der Waals surface area contributed by atoms with Gasteiger partial charge in [-0.1, -0.05) is 6.07 Å². The summed E-state index contributed by atoms with van der Waals surface area (Å²) in [5.41, 5.74) is 8.83. The lowest BCUT2D eigenvalue weighted by molar-refractivity contribution is -0.149. The maximum Gasteiger partial charge on any atom is 0.325 e. The number of benzene rings is 1. The van der Waals surface area contributed by atoms with Crippen LogP contribution in [0.2, 0.25) is 0 Å². The van der Waals surface area contributed by atoms with Crippen molar-refractivity contribution in [1.29, 1.82) is 0 Å². The van der Waals surface area contributed by atoms with Gasteiger partial charge in [-0.15, -0.1) is 0 Å². The molecule has 1 aromatic carbocycles. The maximum atomic E-state index is 11.7. The van der Waals surface area contributed by atoms with Crippen LogP contribution in [-0.4, -0.2) is 31.7 Å². The second kappa shape index (κ2) is 7.46. The van der Waals surface area contributed by atoms with Crippen molar-refractivity contribution >= 4 is 11.7 Å². The van der Waals surface area contributed by atoms with Crippen LogP contribution in [0.5, 0.6) is 0 Å². The van der Waals surface area contributed by atoms with Gasteiger partial charge < -0.3 is 15.4 Å². The Hall–Kier alpha value is -1.55. The molecular weight excluding hydrogens is 264 g/mol. The van der Waals surface area contributed by atoms with E-state index in [2.05, 4.69) is 44.0 Å². The number of carbonyl (C=O) groups excluding carboxylic acids is 1. The highest BCUT2D eigenvalue weighted by molar-refractivity contribution is 5.79. The van der Waals surface area contributed by atoms with E-state index in [9.17, 15) is 4.79 Å². The fraction of sp³-hybridized carbons (Fsp3) is 0.588. The standard InChI is InChI=1S/C17H28N2O2/c1-6-21-16(20)17(4,18)8-7-9-19(5)15-11-13(2)10-14(3)12-15/h10-12H,6-9,18H2,1-5H3. The molecule has 0 spiro atoms. The molecular formula is C17H28N2O2. The summed E-state index contributed by atoms with van der Waals surface area (Å²) in [6.07, 6.45) is 1.45. The zero-order valence-corrected chi connectivity index (χ0v) is 13.9. The van der Waals surface area contributed by atoms with Crippen molar-refractivity contribution in [2.75, 3.05) is 25.1 Å². The van der Waals surface area contributed by atoms with Crippen molar-refractivity contribution < 1.29 is 9.53 Å². The fourth-order valence-corrected chi connectivity index (χ4v) is 2.38. The third-order valence-corrected chi connectivity index (χ3v) is 3.58. The molecule has 1 aromatic rings. The third-order valence-electron chi connectivity index (χ3n) is 3.58. The van der Waals surface area contributed by atoms with Gasteiger partial charge in [0, 0.05) is 19.3 Å². The Labute approximate surface area is 128 Å². The van der Waals surface area contributed by atoms with Crippen molar-refractivity contribution in [3.05, 3.63) is 29.3 Å². The number of carbonyl (C=O) groups is 1. The molecule has 21 heavy (non-hydrogen) atoms. The molecule has 0 saturated carbocycles. The SMILES string of the molecule is CCOC(=O)C(C)(N)CCCN(C)c1cc(C)cc(C)c1. The van der Waals surface area contributed by atoms with Gasteiger partial charge in [0.15, 0.2) is 0 Å². The summed E-state index contributed by atoms with van der Waals surface area (Å²) < 4.78 is 5.00. The molecule has 0 aliphatic carbocycles. The van der Waals surface area contributed by atoms with Gasteiger partial charge in [0.25, 0.3) is 0 Å². The van der Waals surface area contributed by atoms with Crippen LogP contribution in [0.1, 0.15) is 37.8 Å². The van der Waals surface area contributed by atoms with E-state index in [1.807, 2.05) is 0 Å². The van der Waals surface area contributed by atoms with Crippen LogP contribution in [0, 0.1) is 13.8 Å². The average Bonchev–Trinajstić information content (AvgIpc) is 2.37. The number of esters is 1. The molecule has 0 aliphatic rings. The Balaban J connectivity index is 2.53. The van der Waals surface area contributed by atoms with Crippen LogP contribution in [0.3, 0.4) is 0 Å². The molecule has 0 radical (unpaired) electrons. The summed E-state index contributed by atoms with van der Waals surface area (Å²) in [5, 5.41) is 0. The molecule has 0 amide bonds. The lowest BCUT2D eigenvalue weighted by Gasteiger charge is -2.25. The Morgan fingerprint density at radius 2 is 1.86 bits per heavy atom. The highest BCUT2D eigenvalue weighted by Gasteiger charge is 2.29. The van der Waals surface area contributed by atoms with Crippen molar-refractivity contribution in [3.8, 4) is 0 Å². The summed E-state index contributed by atoms with van der Waals surface area (Å²) >= 11 is 0. The predicted octanol–water partition coefficient (Wildman–Crippen LogP) is 2.80. The van der Waals surface area contributed by atoms with Crippen LogP contribution in [0.25, 0.3) is 0 Å². The van der Waals surface area contributed by atoms with E-state index in [-0.39, 0.29) is 5.97 Å². The average molecular weight is 292 g/mol. The Bertz CT molecular complexity index is 463. The van der Waals surface area contributed by atoms with Crippen LogP contribution in [-0.2, 0) is 9.53 Å². The van der Waals surface area contributed by atoms with Crippen molar-refractivity contribution in [1.82, 2.24) is 0 Å². The number of ether oxygens (including phenoxy) is 1. The smallest absolute Gasteiger partial charge is 0.325 e. The van der Waals surface area contributed by atoms with Gasteiger partial charge in [0.05, 0.1) is 6.61 Å². The van der Waals surface area contributed by atoms with Crippen LogP contribution in [0.4, 0.5) is 5.69 Å². The molecule has 0 aromatic heterocycles. The number of nitrogens with zero attached hydrogens (tertiary/aromatic N) is 1. The second-order valence-corrected chi connectivity index (χ2v) is 6.01. The molecule has 4 heteroatoms. The number of aryl methyl sites for hydroxylation is 2. The van der Waals surface area contributed by atoms with Gasteiger partial charge in [0.2, 0.25) is 0 Å². The molecule has 0 bridgehead atoms. The summed E-state index contributed by atoms with van der Waals surface area (Å²) in [4.78, 5) is 13.9. The van der Waals surface area contributed by atoms with Crippen LogP contribution >= 0.6 is 0 Å². The van der Waals surface area contributed by atoms with Gasteiger partial charge >= 0.3 is 5.97 Å². The lowest BCUT2D eigenvalue weighted by Crippen LogP contribution is -2.46. The zero-order valence-electron chi connectivity index (χ0n) is 13.9. The Morgan fingerprint density at radius 1 is 1.29 bits per heavy atom.